The first-order chi connectivity index (χ1) is 17.2. The quantitative estimate of drug-likeness (QED) is 0.0979. The van der Waals surface area contributed by atoms with Crippen molar-refractivity contribution in [2.75, 3.05) is 13.1 Å². The van der Waals surface area contributed by atoms with Crippen LogP contribution in [-0.2, 0) is 4.79 Å². The molecule has 1 heterocycles. The van der Waals surface area contributed by atoms with Gasteiger partial charge in [0, 0.05) is 19.5 Å². The predicted molar refractivity (Wildman–Crippen MR) is 156 cm³/mol. The summed E-state index contributed by atoms with van der Waals surface area (Å²) in [4.78, 5) is 14.0. The van der Waals surface area contributed by atoms with E-state index in [0.717, 1.165) is 51.1 Å². The monoisotopic (exact) mass is 487 g/mol. The van der Waals surface area contributed by atoms with Gasteiger partial charge in [0.25, 0.3) is 0 Å². The highest BCUT2D eigenvalue weighted by atomic mass is 16.2. The summed E-state index contributed by atoms with van der Waals surface area (Å²) in [7, 11) is 0. The van der Waals surface area contributed by atoms with Crippen molar-refractivity contribution >= 4 is 5.91 Å². The van der Waals surface area contributed by atoms with Crippen molar-refractivity contribution in [1.29, 1.82) is 0 Å². The number of unbranched alkanes of at least 4 members (excludes halogenated alkanes) is 14. The van der Waals surface area contributed by atoms with Gasteiger partial charge < -0.3 is 4.90 Å². The Morgan fingerprint density at radius 3 is 1.66 bits per heavy atom. The second-order valence-electron chi connectivity index (χ2n) is 11.2. The fourth-order valence-corrected chi connectivity index (χ4v) is 5.22. The number of hydrogen-bond donors (Lipinski definition) is 0. The summed E-state index contributed by atoms with van der Waals surface area (Å²) < 4.78 is 0. The lowest BCUT2D eigenvalue weighted by molar-refractivity contribution is -0.130. The topological polar surface area (TPSA) is 20.3 Å². The first kappa shape index (κ1) is 32.0. The van der Waals surface area contributed by atoms with Gasteiger partial charge in [-0.2, -0.15) is 0 Å². The Balaban J connectivity index is 1.75. The van der Waals surface area contributed by atoms with E-state index in [4.69, 9.17) is 0 Å². The second-order valence-corrected chi connectivity index (χ2v) is 11.2. The van der Waals surface area contributed by atoms with Gasteiger partial charge in [0.05, 0.1) is 0 Å². The number of allylic oxidation sites excluding steroid dienone is 4. The van der Waals surface area contributed by atoms with Crippen LogP contribution in [0.2, 0.25) is 0 Å². The third-order valence-corrected chi connectivity index (χ3v) is 7.67. The van der Waals surface area contributed by atoms with Crippen LogP contribution in [0.25, 0.3) is 0 Å². The number of rotatable bonds is 24. The molecule has 0 spiro atoms. The zero-order valence-corrected chi connectivity index (χ0v) is 23.9. The molecule has 1 aliphatic rings. The minimum absolute atomic E-state index is 0.364. The fraction of sp³-hybridized carbons (Fsp3) is 0.848. The molecular formula is C33H61NO. The first-order valence-electron chi connectivity index (χ1n) is 15.8. The Labute approximate surface area is 220 Å². The highest BCUT2D eigenvalue weighted by Crippen LogP contribution is 2.18. The van der Waals surface area contributed by atoms with Crippen molar-refractivity contribution in [3.05, 3.63) is 24.3 Å². The minimum Gasteiger partial charge on any atom is -0.343 e. The molecule has 0 bridgehead atoms. The van der Waals surface area contributed by atoms with Gasteiger partial charge in [-0.25, -0.2) is 0 Å². The van der Waals surface area contributed by atoms with E-state index >= 15 is 0 Å². The van der Waals surface area contributed by atoms with Crippen molar-refractivity contribution in [3.8, 4) is 0 Å². The molecule has 1 amide bonds. The summed E-state index contributed by atoms with van der Waals surface area (Å²) in [5, 5.41) is 0. The maximum absolute atomic E-state index is 12.0. The van der Waals surface area contributed by atoms with Crippen LogP contribution in [0.3, 0.4) is 0 Å². The van der Waals surface area contributed by atoms with E-state index < -0.39 is 0 Å². The van der Waals surface area contributed by atoms with Gasteiger partial charge >= 0.3 is 0 Å². The molecule has 0 saturated carbocycles. The molecule has 204 valence electrons. The molecule has 1 fully saturated rings. The lowest BCUT2D eigenvalue weighted by atomic mass is 9.96. The van der Waals surface area contributed by atoms with Crippen molar-refractivity contribution in [2.45, 2.75) is 162 Å². The van der Waals surface area contributed by atoms with Crippen molar-refractivity contribution in [1.82, 2.24) is 4.90 Å². The smallest absolute Gasteiger partial charge is 0.222 e. The molecule has 2 heteroatoms. The van der Waals surface area contributed by atoms with Gasteiger partial charge in [0.15, 0.2) is 0 Å². The summed E-state index contributed by atoms with van der Waals surface area (Å²) in [6.45, 7) is 6.73. The summed E-state index contributed by atoms with van der Waals surface area (Å²) in [5.74, 6) is 1.31. The van der Waals surface area contributed by atoms with E-state index in [-0.39, 0.29) is 0 Å². The largest absolute Gasteiger partial charge is 0.343 e. The maximum atomic E-state index is 12.0. The molecule has 1 rings (SSSR count). The van der Waals surface area contributed by atoms with Gasteiger partial charge in [-0.15, -0.1) is 0 Å². The van der Waals surface area contributed by atoms with E-state index in [9.17, 15) is 4.79 Å². The number of amides is 1. The van der Waals surface area contributed by atoms with Crippen molar-refractivity contribution in [3.63, 3.8) is 0 Å². The molecular weight excluding hydrogens is 426 g/mol. The van der Waals surface area contributed by atoms with E-state index in [1.54, 1.807) is 0 Å². The summed E-state index contributed by atoms with van der Waals surface area (Å²) >= 11 is 0. The van der Waals surface area contributed by atoms with Crippen LogP contribution >= 0.6 is 0 Å². The van der Waals surface area contributed by atoms with Crippen LogP contribution < -0.4 is 0 Å². The Morgan fingerprint density at radius 2 is 1.09 bits per heavy atom. The predicted octanol–water partition coefficient (Wildman–Crippen LogP) is 10.6. The Bertz CT molecular complexity index is 517. The standard InChI is InChI=1S/C33H61NO/c1-3-4-5-22-27-32(2)28-23-20-18-16-14-12-10-8-6-7-9-11-13-15-17-19-21-24-29-33(35)34-30-25-26-31-34/h9,11,17,19,32H,3-8,10,12-16,18,20-31H2,1-2H3. The molecule has 1 unspecified atom stereocenters. The maximum Gasteiger partial charge on any atom is 0.222 e. The normalized spacial score (nSPS) is 15.1. The lowest BCUT2D eigenvalue weighted by Crippen LogP contribution is -2.27. The number of nitrogens with zero attached hydrogens (tertiary/aromatic N) is 1. The molecule has 1 aliphatic heterocycles. The molecule has 1 atom stereocenters. The highest BCUT2D eigenvalue weighted by Gasteiger charge is 2.16. The molecule has 0 aliphatic carbocycles. The Kier molecular flexibility index (Phi) is 22.5. The molecule has 0 aromatic carbocycles. The van der Waals surface area contributed by atoms with Crippen LogP contribution in [0.5, 0.6) is 0 Å². The van der Waals surface area contributed by atoms with Crippen LogP contribution in [0, 0.1) is 5.92 Å². The molecule has 1 saturated heterocycles. The highest BCUT2D eigenvalue weighted by molar-refractivity contribution is 5.76. The number of likely N-dealkylation sites (tertiary alicyclic amines) is 1. The average molecular weight is 488 g/mol. The van der Waals surface area contributed by atoms with E-state index in [1.807, 2.05) is 4.90 Å². The SMILES string of the molecule is CCCCCCC(C)CCCCCCCCCCCC=CCCC=CCCCC(=O)N1CCCC1. The molecule has 35 heavy (non-hydrogen) atoms. The summed E-state index contributed by atoms with van der Waals surface area (Å²) in [5.41, 5.74) is 0. The van der Waals surface area contributed by atoms with Crippen LogP contribution in [0.15, 0.2) is 24.3 Å². The van der Waals surface area contributed by atoms with E-state index in [0.29, 0.717) is 5.91 Å². The zero-order chi connectivity index (χ0) is 25.2. The first-order valence-corrected chi connectivity index (χ1v) is 15.8. The van der Waals surface area contributed by atoms with Crippen LogP contribution in [0.4, 0.5) is 0 Å². The second kappa shape index (κ2) is 24.6. The van der Waals surface area contributed by atoms with Crippen LogP contribution in [-0.4, -0.2) is 23.9 Å². The van der Waals surface area contributed by atoms with Crippen molar-refractivity contribution in [2.24, 2.45) is 5.92 Å². The average Bonchev–Trinajstić information content (AvgIpc) is 3.40. The van der Waals surface area contributed by atoms with Crippen molar-refractivity contribution < 1.29 is 4.79 Å². The van der Waals surface area contributed by atoms with Crippen LogP contribution in [0.1, 0.15) is 162 Å². The fourth-order valence-electron chi connectivity index (χ4n) is 5.22. The van der Waals surface area contributed by atoms with E-state index in [2.05, 4.69) is 38.2 Å². The van der Waals surface area contributed by atoms with Gasteiger partial charge in [-0.1, -0.05) is 128 Å². The molecule has 0 N–H and O–H groups in total. The third kappa shape index (κ3) is 20.8. The molecule has 0 aromatic rings. The number of carbonyl (C=O) groups is 1. The van der Waals surface area contributed by atoms with Gasteiger partial charge in [0.2, 0.25) is 5.91 Å². The van der Waals surface area contributed by atoms with E-state index in [1.165, 1.54) is 116 Å². The summed E-state index contributed by atoms with van der Waals surface area (Å²) in [6, 6.07) is 0. The molecule has 2 nitrogen and oxygen atoms in total. The Hall–Kier alpha value is -1.05. The third-order valence-electron chi connectivity index (χ3n) is 7.67. The van der Waals surface area contributed by atoms with Gasteiger partial charge in [0.1, 0.15) is 0 Å². The molecule has 0 radical (unpaired) electrons. The Morgan fingerprint density at radius 1 is 0.629 bits per heavy atom. The summed E-state index contributed by atoms with van der Waals surface area (Å²) in [6.07, 6.45) is 39.4. The minimum atomic E-state index is 0.364. The van der Waals surface area contributed by atoms with Gasteiger partial charge in [-0.05, 0) is 57.3 Å². The number of carbonyl (C=O) groups excluding carboxylic acids is 1. The molecule has 0 aromatic heterocycles. The number of hydrogen-bond acceptors (Lipinski definition) is 1. The lowest BCUT2D eigenvalue weighted by Gasteiger charge is -2.14. The zero-order valence-electron chi connectivity index (χ0n) is 23.9. The van der Waals surface area contributed by atoms with Gasteiger partial charge in [-0.3, -0.25) is 4.79 Å².